The first kappa shape index (κ1) is 81.8. The van der Waals surface area contributed by atoms with Crippen LogP contribution in [0, 0.1) is 0 Å². The smallest absolute Gasteiger partial charge is 0.220 e. The highest BCUT2D eigenvalue weighted by Gasteiger charge is 2.44. The van der Waals surface area contributed by atoms with Crippen LogP contribution in [0.15, 0.2) is 158 Å². The Morgan fingerprint density at radius 3 is 1.09 bits per heavy atom. The molecule has 1 amide bonds. The molecule has 88 heavy (non-hydrogen) atoms. The molecule has 1 aliphatic heterocycles. The first-order valence-electron chi connectivity index (χ1n) is 35.7. The average Bonchev–Trinajstić information content (AvgIpc) is 3.65. The van der Waals surface area contributed by atoms with Crippen LogP contribution in [0.3, 0.4) is 0 Å². The summed E-state index contributed by atoms with van der Waals surface area (Å²) in [6, 6.07) is -0.867. The van der Waals surface area contributed by atoms with Gasteiger partial charge in [0.1, 0.15) is 24.4 Å². The van der Waals surface area contributed by atoms with Crippen LogP contribution >= 0.6 is 0 Å². The van der Waals surface area contributed by atoms with Crippen molar-refractivity contribution in [2.24, 2.45) is 0 Å². The second kappa shape index (κ2) is 65.8. The van der Waals surface area contributed by atoms with Crippen molar-refractivity contribution in [1.82, 2.24) is 5.32 Å². The minimum Gasteiger partial charge on any atom is -0.394 e. The summed E-state index contributed by atoms with van der Waals surface area (Å²) in [5.41, 5.74) is 0. The van der Waals surface area contributed by atoms with E-state index in [0.717, 1.165) is 103 Å². The molecule has 0 aromatic carbocycles. The lowest BCUT2D eigenvalue weighted by Crippen LogP contribution is -2.60. The number of carbonyl (C=O) groups excluding carboxylic acids is 1. The molecular weight excluding hydrogens is 1090 g/mol. The molecule has 0 saturated carbocycles. The molecule has 0 bridgehead atoms. The lowest BCUT2D eigenvalue weighted by Gasteiger charge is -2.40. The highest BCUT2D eigenvalue weighted by Crippen LogP contribution is 2.23. The quantitative estimate of drug-likeness (QED) is 0.0261. The van der Waals surface area contributed by atoms with E-state index in [4.69, 9.17) is 9.47 Å². The molecule has 9 heteroatoms. The second-order valence-corrected chi connectivity index (χ2v) is 23.9. The van der Waals surface area contributed by atoms with Crippen LogP contribution in [0.25, 0.3) is 0 Å². The van der Waals surface area contributed by atoms with Gasteiger partial charge in [0.05, 0.1) is 25.4 Å². The Morgan fingerprint density at radius 1 is 0.398 bits per heavy atom. The highest BCUT2D eigenvalue weighted by atomic mass is 16.7. The summed E-state index contributed by atoms with van der Waals surface area (Å²) in [4.78, 5) is 13.1. The minimum absolute atomic E-state index is 0.234. The van der Waals surface area contributed by atoms with Crippen LogP contribution in [-0.4, -0.2) is 87.5 Å². The number of aliphatic hydroxyl groups is 5. The van der Waals surface area contributed by atoms with Gasteiger partial charge < -0.3 is 40.3 Å². The molecule has 9 nitrogen and oxygen atoms in total. The number of rotatable bonds is 60. The predicted octanol–water partition coefficient (Wildman–Crippen LogP) is 19.9. The summed E-state index contributed by atoms with van der Waals surface area (Å²) >= 11 is 0. The second-order valence-electron chi connectivity index (χ2n) is 23.9. The number of amides is 1. The molecule has 1 rings (SSSR count). The van der Waals surface area contributed by atoms with Crippen molar-refractivity contribution < 1.29 is 39.8 Å². The van der Waals surface area contributed by atoms with Gasteiger partial charge in [0.2, 0.25) is 5.91 Å². The molecule has 1 aliphatic rings. The normalized spacial score (nSPS) is 18.9. The van der Waals surface area contributed by atoms with Crippen molar-refractivity contribution in [2.75, 3.05) is 13.2 Å². The molecule has 0 aromatic rings. The van der Waals surface area contributed by atoms with Gasteiger partial charge in [-0.3, -0.25) is 4.79 Å². The number of carbonyl (C=O) groups is 1. The zero-order valence-corrected chi connectivity index (χ0v) is 55.9. The number of nitrogens with one attached hydrogen (secondary N) is 1. The third-order valence-corrected chi connectivity index (χ3v) is 15.8. The predicted molar refractivity (Wildman–Crippen MR) is 377 cm³/mol. The number of hydrogen-bond donors (Lipinski definition) is 6. The Labute approximate surface area is 539 Å². The van der Waals surface area contributed by atoms with Gasteiger partial charge in [-0.05, 0) is 122 Å². The van der Waals surface area contributed by atoms with Gasteiger partial charge in [-0.1, -0.05) is 307 Å². The van der Waals surface area contributed by atoms with Crippen molar-refractivity contribution in [1.29, 1.82) is 0 Å². The van der Waals surface area contributed by atoms with Gasteiger partial charge in [-0.2, -0.15) is 0 Å². The Kier molecular flexibility index (Phi) is 61.1. The first-order valence-corrected chi connectivity index (χ1v) is 35.7. The van der Waals surface area contributed by atoms with E-state index in [1.165, 1.54) is 141 Å². The third kappa shape index (κ3) is 53.6. The minimum atomic E-state index is -1.60. The van der Waals surface area contributed by atoms with Gasteiger partial charge in [0.15, 0.2) is 6.29 Å². The maximum atomic E-state index is 13.1. The zero-order valence-electron chi connectivity index (χ0n) is 55.9. The first-order chi connectivity index (χ1) is 43.3. The summed E-state index contributed by atoms with van der Waals surface area (Å²) < 4.78 is 11.3. The molecule has 0 spiro atoms. The Bertz CT molecular complexity index is 1950. The van der Waals surface area contributed by atoms with Crippen LogP contribution in [0.4, 0.5) is 0 Å². The van der Waals surface area contributed by atoms with Crippen LogP contribution in [0.1, 0.15) is 277 Å². The van der Waals surface area contributed by atoms with E-state index in [0.29, 0.717) is 12.8 Å². The number of allylic oxidation sites excluding steroid dienone is 25. The van der Waals surface area contributed by atoms with E-state index in [9.17, 15) is 30.3 Å². The van der Waals surface area contributed by atoms with Crippen molar-refractivity contribution in [3.63, 3.8) is 0 Å². The average molecular weight is 1220 g/mol. The molecule has 0 aromatic heterocycles. The maximum Gasteiger partial charge on any atom is 0.220 e. The lowest BCUT2D eigenvalue weighted by molar-refractivity contribution is -0.302. The largest absolute Gasteiger partial charge is 0.394 e. The fourth-order valence-corrected chi connectivity index (χ4v) is 10.3. The van der Waals surface area contributed by atoms with Crippen LogP contribution in [-0.2, 0) is 14.3 Å². The molecule has 6 N–H and O–H groups in total. The molecule has 0 radical (unpaired) electrons. The molecule has 7 unspecified atom stereocenters. The molecule has 1 heterocycles. The molecule has 1 fully saturated rings. The number of aliphatic hydroxyl groups excluding tert-OH is 5. The van der Waals surface area contributed by atoms with Gasteiger partial charge in [0.25, 0.3) is 0 Å². The van der Waals surface area contributed by atoms with Gasteiger partial charge in [-0.15, -0.1) is 0 Å². The Balaban J connectivity index is 2.24. The summed E-state index contributed by atoms with van der Waals surface area (Å²) in [6.45, 7) is 3.63. The van der Waals surface area contributed by atoms with E-state index >= 15 is 0 Å². The topological polar surface area (TPSA) is 149 Å². The van der Waals surface area contributed by atoms with Crippen molar-refractivity contribution >= 4 is 5.91 Å². The number of hydrogen-bond acceptors (Lipinski definition) is 8. The third-order valence-electron chi connectivity index (χ3n) is 15.8. The van der Waals surface area contributed by atoms with Crippen molar-refractivity contribution in [3.05, 3.63) is 158 Å². The van der Waals surface area contributed by atoms with Crippen molar-refractivity contribution in [3.8, 4) is 0 Å². The fraction of sp³-hybridized carbons (Fsp3) is 0.658. The van der Waals surface area contributed by atoms with E-state index in [1.54, 1.807) is 6.08 Å². The number of ether oxygens (including phenoxy) is 2. The summed E-state index contributed by atoms with van der Waals surface area (Å²) in [7, 11) is 0. The van der Waals surface area contributed by atoms with Crippen molar-refractivity contribution in [2.45, 2.75) is 320 Å². The monoisotopic (exact) mass is 1220 g/mol. The van der Waals surface area contributed by atoms with E-state index in [1.807, 2.05) is 6.08 Å². The molecule has 500 valence electrons. The Hall–Kier alpha value is -4.19. The summed E-state index contributed by atoms with van der Waals surface area (Å²) in [5.74, 6) is -0.238. The van der Waals surface area contributed by atoms with Crippen LogP contribution < -0.4 is 5.32 Å². The summed E-state index contributed by atoms with van der Waals surface area (Å²) in [6.07, 6.45) is 96.4. The van der Waals surface area contributed by atoms with E-state index in [-0.39, 0.29) is 18.9 Å². The van der Waals surface area contributed by atoms with Crippen LogP contribution in [0.2, 0.25) is 0 Å². The SMILES string of the molecule is CC/C=C\C/C=C\C/C=C\C/C=C\C/C=C\C/C=C\C/C=C\C/C=C\C/C=C\C/C=C\CCCCC(=O)NC(COC1OC(CO)C(O)C(O)C1O)C(O)/C=C/CC/C=C/CC/C=C/CCCCCCCCCCCCCCCCCCCCCCCC. The molecule has 0 aliphatic carbocycles. The van der Waals surface area contributed by atoms with E-state index < -0.39 is 49.5 Å². The molecular formula is C79H131NO8. The lowest BCUT2D eigenvalue weighted by atomic mass is 9.99. The van der Waals surface area contributed by atoms with E-state index in [2.05, 4.69) is 165 Å². The fourth-order valence-electron chi connectivity index (χ4n) is 10.3. The van der Waals surface area contributed by atoms with Crippen LogP contribution in [0.5, 0.6) is 0 Å². The van der Waals surface area contributed by atoms with Gasteiger partial charge >= 0.3 is 0 Å². The molecule has 7 atom stereocenters. The Morgan fingerprint density at radius 2 is 0.716 bits per heavy atom. The number of unbranched alkanes of at least 4 members (excludes halogenated alkanes) is 26. The maximum absolute atomic E-state index is 13.1. The molecule has 1 saturated heterocycles. The highest BCUT2D eigenvalue weighted by molar-refractivity contribution is 5.76. The zero-order chi connectivity index (χ0) is 63.5. The standard InChI is InChI=1S/C79H131NO8/c1-3-5-7-9-11-13-15-17-19-21-23-25-27-29-31-33-35-37-39-41-43-45-47-49-51-53-55-57-59-61-63-65-67-69-75(83)80-72(71-87-79-78(86)77(85)76(84)74(70-81)88-79)73(82)68-66-64-62-60-58-56-54-52-50-48-46-44-42-40-38-36-34-32-30-28-26-24-22-20-18-16-14-12-10-8-6-4-2/h5,7,11,13,17,19,23,25,29,31,35,37,41,43,47,49-50,52-53,55,58-61,66,68,72-74,76-79,81-82,84-86H,3-4,6,8-10,12,14-16,18,20-22,24,26-28,30,32-34,36,38-40,42,44-46,48,51,54,56-57,62-65,67,69-71H2,1-2H3,(H,80,83)/b7-5-,13-11-,19-17-,25-23-,31-29-,37-35-,43-41-,49-47-,52-50+,55-53-,60-58+,61-59-,68-66+. The van der Waals surface area contributed by atoms with Gasteiger partial charge in [0, 0.05) is 6.42 Å². The van der Waals surface area contributed by atoms with Gasteiger partial charge in [-0.25, -0.2) is 0 Å². The summed E-state index contributed by atoms with van der Waals surface area (Å²) in [5, 5.41) is 54.7.